The van der Waals surface area contributed by atoms with Crippen LogP contribution in [-0.2, 0) is 22.4 Å². The Morgan fingerprint density at radius 3 is 2.12 bits per heavy atom. The molecule has 1 aliphatic carbocycles. The summed E-state index contributed by atoms with van der Waals surface area (Å²) in [6, 6.07) is 21.0. The van der Waals surface area contributed by atoms with E-state index < -0.39 is 24.3 Å². The topological polar surface area (TPSA) is 180 Å². The number of aliphatic hydroxyl groups is 1. The first-order valence-corrected chi connectivity index (χ1v) is 11.8. The number of carbonyl (C=O) groups is 3. The van der Waals surface area contributed by atoms with Gasteiger partial charge in [-0.05, 0) is 53.1 Å². The summed E-state index contributed by atoms with van der Waals surface area (Å²) >= 11 is 0. The molecule has 0 unspecified atom stereocenters. The van der Waals surface area contributed by atoms with Gasteiger partial charge in [-0.15, -0.1) is 0 Å². The number of alkyl halides is 3. The number of hydrogen-bond acceptors (Lipinski definition) is 5. The molecule has 3 aromatic rings. The van der Waals surface area contributed by atoms with E-state index in [2.05, 4.69) is 15.6 Å². The molecule has 0 saturated carbocycles. The van der Waals surface area contributed by atoms with Crippen LogP contribution in [0.4, 0.5) is 24.5 Å². The number of amides is 2. The van der Waals surface area contributed by atoms with Crippen molar-refractivity contribution in [3.05, 3.63) is 95.1 Å². The lowest BCUT2D eigenvalue weighted by molar-refractivity contribution is -0.192. The molecule has 0 radical (unpaired) electrons. The number of aliphatic imine (C=N–C) groups is 1. The zero-order valence-corrected chi connectivity index (χ0v) is 20.9. The van der Waals surface area contributed by atoms with Crippen LogP contribution in [0.15, 0.2) is 77.8 Å². The summed E-state index contributed by atoms with van der Waals surface area (Å²) in [6.45, 7) is 0. The lowest BCUT2D eigenvalue weighted by Gasteiger charge is -2.18. The molecule has 3 aromatic carbocycles. The molecule has 10 nitrogen and oxygen atoms in total. The number of nitrogens with two attached hydrogens (primary N) is 2. The van der Waals surface area contributed by atoms with E-state index in [-0.39, 0.29) is 24.2 Å². The number of carboxylic acid groups (broad SMARTS) is 1. The van der Waals surface area contributed by atoms with Crippen LogP contribution in [0.5, 0.6) is 0 Å². The van der Waals surface area contributed by atoms with E-state index in [9.17, 15) is 27.9 Å². The Bertz CT molecular complexity index is 1390. The van der Waals surface area contributed by atoms with Gasteiger partial charge in [0.05, 0.1) is 24.3 Å². The third-order valence-corrected chi connectivity index (χ3v) is 5.73. The van der Waals surface area contributed by atoms with Crippen LogP contribution in [0.2, 0.25) is 0 Å². The maximum absolute atomic E-state index is 12.5. The molecular weight excluding hydrogens is 531 g/mol. The van der Waals surface area contributed by atoms with Gasteiger partial charge in [-0.2, -0.15) is 13.2 Å². The number of aliphatic carboxylic acids is 1. The van der Waals surface area contributed by atoms with E-state index >= 15 is 0 Å². The molecule has 40 heavy (non-hydrogen) atoms. The van der Waals surface area contributed by atoms with Gasteiger partial charge in [0.1, 0.15) is 0 Å². The molecule has 0 saturated heterocycles. The average molecular weight is 558 g/mol. The normalized spacial score (nSPS) is 15.6. The molecule has 8 N–H and O–H groups in total. The monoisotopic (exact) mass is 557 g/mol. The summed E-state index contributed by atoms with van der Waals surface area (Å²) in [5.74, 6) is -3.25. The number of aliphatic hydroxyl groups excluding tert-OH is 1. The van der Waals surface area contributed by atoms with Crippen molar-refractivity contribution in [2.75, 3.05) is 5.32 Å². The van der Waals surface area contributed by atoms with Crippen LogP contribution in [0.1, 0.15) is 33.1 Å². The first-order chi connectivity index (χ1) is 18.8. The van der Waals surface area contributed by atoms with Crippen molar-refractivity contribution in [3.63, 3.8) is 0 Å². The fourth-order valence-corrected chi connectivity index (χ4v) is 3.90. The molecule has 0 aliphatic heterocycles. The fraction of sp³-hybridized carbons (Fsp3) is 0.185. The van der Waals surface area contributed by atoms with Crippen molar-refractivity contribution in [1.29, 1.82) is 0 Å². The van der Waals surface area contributed by atoms with Crippen molar-refractivity contribution >= 4 is 35.1 Å². The van der Waals surface area contributed by atoms with E-state index in [4.69, 9.17) is 21.4 Å². The highest BCUT2D eigenvalue weighted by Gasteiger charge is 2.38. The number of anilines is 1. The quantitative estimate of drug-likeness (QED) is 0.199. The third-order valence-electron chi connectivity index (χ3n) is 5.73. The molecule has 0 spiro atoms. The maximum Gasteiger partial charge on any atom is 0.490 e. The highest BCUT2D eigenvalue weighted by atomic mass is 19.4. The van der Waals surface area contributed by atoms with Crippen LogP contribution in [0, 0.1) is 0 Å². The van der Waals surface area contributed by atoms with Gasteiger partial charge in [0.2, 0.25) is 5.91 Å². The van der Waals surface area contributed by atoms with Gasteiger partial charge in [0, 0.05) is 17.7 Å². The number of halogens is 3. The smallest absolute Gasteiger partial charge is 0.475 e. The lowest BCUT2D eigenvalue weighted by Crippen LogP contribution is -2.34. The van der Waals surface area contributed by atoms with Crippen molar-refractivity contribution < 1.29 is 37.8 Å². The van der Waals surface area contributed by atoms with Gasteiger partial charge in [-0.25, -0.2) is 9.79 Å². The Balaban J connectivity index is 0.000000559. The van der Waals surface area contributed by atoms with Gasteiger partial charge >= 0.3 is 12.1 Å². The van der Waals surface area contributed by atoms with Crippen LogP contribution in [0.3, 0.4) is 0 Å². The van der Waals surface area contributed by atoms with E-state index in [1.54, 1.807) is 48.5 Å². The zero-order valence-electron chi connectivity index (χ0n) is 20.9. The highest BCUT2D eigenvalue weighted by Crippen LogP contribution is 2.31. The van der Waals surface area contributed by atoms with Crippen LogP contribution in [-0.4, -0.2) is 46.2 Å². The van der Waals surface area contributed by atoms with Crippen molar-refractivity contribution in [2.45, 2.75) is 31.2 Å². The lowest BCUT2D eigenvalue weighted by atomic mass is 10.1. The molecular formula is C27H26F3N5O5. The Kier molecular flexibility index (Phi) is 9.45. The van der Waals surface area contributed by atoms with Crippen molar-refractivity contribution in [3.8, 4) is 0 Å². The third kappa shape index (κ3) is 8.30. The van der Waals surface area contributed by atoms with Crippen LogP contribution >= 0.6 is 0 Å². The minimum atomic E-state index is -5.08. The van der Waals surface area contributed by atoms with Crippen LogP contribution in [0.25, 0.3) is 0 Å². The van der Waals surface area contributed by atoms with Gasteiger partial charge in [-0.3, -0.25) is 9.59 Å². The van der Waals surface area contributed by atoms with E-state index in [0.29, 0.717) is 23.4 Å². The number of carboxylic acids is 1. The molecule has 0 aromatic heterocycles. The Hall–Kier alpha value is -4.91. The van der Waals surface area contributed by atoms with Crippen molar-refractivity contribution in [1.82, 2.24) is 5.32 Å². The summed E-state index contributed by atoms with van der Waals surface area (Å²) in [7, 11) is 0. The van der Waals surface area contributed by atoms with Gasteiger partial charge < -0.3 is 32.3 Å². The van der Waals surface area contributed by atoms with Crippen molar-refractivity contribution in [2.24, 2.45) is 16.5 Å². The number of nitrogens with zero attached hydrogens (tertiary/aromatic N) is 1. The molecule has 2 atom stereocenters. The van der Waals surface area contributed by atoms with E-state index in [1.807, 2.05) is 24.3 Å². The Labute approximate surface area is 226 Å². The predicted octanol–water partition coefficient (Wildman–Crippen LogP) is 2.79. The average Bonchev–Trinajstić information content (AvgIpc) is 3.19. The second kappa shape index (κ2) is 12.8. The van der Waals surface area contributed by atoms with Crippen LogP contribution < -0.4 is 22.1 Å². The SMILES string of the molecule is NC(N)=Nc1ccc(C(=O)Nc2ccc(CC(=O)N[C@H]3c4ccccc4C[C@H]3O)cc2)cc1.O=C(O)C(F)(F)F. The standard InChI is InChI=1S/C25H25N5O3.C2HF3O2/c26-25(27)29-19-11-7-16(8-12-19)24(33)28-18-9-5-15(6-10-18)13-22(32)30-23-20-4-2-1-3-17(20)14-21(23)31;3-2(4,5)1(6)7/h1-12,21,23,31H,13-14H2,(H,28,33)(H,30,32)(H4,26,27,29);(H,6,7)/t21-,23+;/m1./s1. The maximum atomic E-state index is 12.5. The molecule has 4 rings (SSSR count). The summed E-state index contributed by atoms with van der Waals surface area (Å²) in [4.78, 5) is 37.8. The molecule has 210 valence electrons. The fourth-order valence-electron chi connectivity index (χ4n) is 3.90. The number of benzene rings is 3. The summed E-state index contributed by atoms with van der Waals surface area (Å²) < 4.78 is 31.7. The summed E-state index contributed by atoms with van der Waals surface area (Å²) in [6.07, 6.45) is -5.00. The minimum Gasteiger partial charge on any atom is -0.475 e. The molecule has 13 heteroatoms. The van der Waals surface area contributed by atoms with E-state index in [1.165, 1.54) is 0 Å². The number of hydrogen-bond donors (Lipinski definition) is 6. The zero-order chi connectivity index (χ0) is 29.4. The number of rotatable bonds is 6. The van der Waals surface area contributed by atoms with Gasteiger partial charge in [0.25, 0.3) is 5.91 Å². The molecule has 0 bridgehead atoms. The Morgan fingerprint density at radius 2 is 1.55 bits per heavy atom. The molecule has 1 aliphatic rings. The second-order valence-electron chi connectivity index (χ2n) is 8.73. The largest absolute Gasteiger partial charge is 0.490 e. The Morgan fingerprint density at radius 1 is 0.950 bits per heavy atom. The second-order valence-corrected chi connectivity index (χ2v) is 8.73. The van der Waals surface area contributed by atoms with E-state index in [0.717, 1.165) is 16.7 Å². The number of carbonyl (C=O) groups excluding carboxylic acids is 2. The molecule has 0 heterocycles. The number of guanidine groups is 1. The molecule has 0 fully saturated rings. The summed E-state index contributed by atoms with van der Waals surface area (Å²) in [5, 5.41) is 23.2. The first kappa shape index (κ1) is 29.6. The highest BCUT2D eigenvalue weighted by molar-refractivity contribution is 6.04. The molecule has 2 amide bonds. The minimum absolute atomic E-state index is 0.0507. The van der Waals surface area contributed by atoms with Gasteiger partial charge in [0.15, 0.2) is 5.96 Å². The van der Waals surface area contributed by atoms with Gasteiger partial charge in [-0.1, -0.05) is 36.4 Å². The predicted molar refractivity (Wildman–Crippen MR) is 141 cm³/mol. The first-order valence-electron chi connectivity index (χ1n) is 11.8. The number of fused-ring (bicyclic) bond motifs is 1. The summed E-state index contributed by atoms with van der Waals surface area (Å²) in [5.41, 5.74) is 15.1. The number of nitrogens with one attached hydrogen (secondary N) is 2.